The lowest BCUT2D eigenvalue weighted by Gasteiger charge is -2.21. The van der Waals surface area contributed by atoms with Crippen molar-refractivity contribution in [1.82, 2.24) is 15.0 Å². The molecule has 5 aromatic rings. The first kappa shape index (κ1) is 27.9. The van der Waals surface area contributed by atoms with Gasteiger partial charge < -0.3 is 36.3 Å². The zero-order chi connectivity index (χ0) is 30.1. The molecule has 12 heteroatoms. The Labute approximate surface area is 252 Å². The Balaban J connectivity index is 1.42. The lowest BCUT2D eigenvalue weighted by atomic mass is 9.96. The largest absolute Gasteiger partial charge is 0.493 e. The molecule has 0 spiro atoms. The first-order valence-corrected chi connectivity index (χ1v) is 13.7. The Bertz CT molecular complexity index is 1860. The minimum atomic E-state index is -0.262. The van der Waals surface area contributed by atoms with Crippen LogP contribution in [0.2, 0.25) is 5.02 Å². The average Bonchev–Trinajstić information content (AvgIpc) is 3.20. The van der Waals surface area contributed by atoms with Gasteiger partial charge in [0.2, 0.25) is 11.7 Å². The molecule has 0 saturated heterocycles. The van der Waals surface area contributed by atoms with Gasteiger partial charge in [-0.3, -0.25) is 4.98 Å². The predicted molar refractivity (Wildman–Crippen MR) is 171 cm³/mol. The summed E-state index contributed by atoms with van der Waals surface area (Å²) in [6.07, 6.45) is 2.22. The summed E-state index contributed by atoms with van der Waals surface area (Å²) in [6, 6.07) is 19.1. The van der Waals surface area contributed by atoms with E-state index < -0.39 is 0 Å². The second-order valence-electron chi connectivity index (χ2n) is 9.81. The Hall–Kier alpha value is -5.29. The highest BCUT2D eigenvalue weighted by Gasteiger charge is 2.26. The highest BCUT2D eigenvalue weighted by Crippen LogP contribution is 2.42. The number of aromatic nitrogens is 3. The van der Waals surface area contributed by atoms with E-state index in [-0.39, 0.29) is 17.8 Å². The molecule has 3 aromatic carbocycles. The molecular weight excluding hydrogens is 568 g/mol. The van der Waals surface area contributed by atoms with Gasteiger partial charge in [0.1, 0.15) is 5.69 Å². The SMILES string of the molecule is COc1cc(C2=Nc3c(N)nc(N)nc3NC(c3cccc(Nc4ccnc5cc(Cl)ccc45)c3)C2)cc(OC)c1OC. The number of hydrogen-bond acceptors (Lipinski definition) is 11. The van der Waals surface area contributed by atoms with Gasteiger partial charge in [-0.1, -0.05) is 23.7 Å². The average molecular weight is 597 g/mol. The molecule has 218 valence electrons. The third-order valence-corrected chi connectivity index (χ3v) is 7.39. The number of nitrogen functional groups attached to an aromatic ring is 2. The van der Waals surface area contributed by atoms with Gasteiger partial charge in [-0.2, -0.15) is 9.97 Å². The fourth-order valence-corrected chi connectivity index (χ4v) is 5.31. The number of ether oxygens (including phenoxy) is 3. The van der Waals surface area contributed by atoms with Gasteiger partial charge in [-0.05, 0) is 54.1 Å². The van der Waals surface area contributed by atoms with E-state index in [9.17, 15) is 0 Å². The maximum absolute atomic E-state index is 6.29. The van der Waals surface area contributed by atoms with E-state index in [0.717, 1.165) is 33.4 Å². The number of aliphatic imine (C=N–C) groups is 1. The number of pyridine rings is 1. The molecule has 0 aliphatic carbocycles. The van der Waals surface area contributed by atoms with Gasteiger partial charge in [0, 0.05) is 40.0 Å². The quantitative estimate of drug-likeness (QED) is 0.168. The van der Waals surface area contributed by atoms with Crippen LogP contribution in [0.25, 0.3) is 10.9 Å². The van der Waals surface area contributed by atoms with Crippen LogP contribution in [-0.2, 0) is 0 Å². The summed E-state index contributed by atoms with van der Waals surface area (Å²) in [6.45, 7) is 0. The van der Waals surface area contributed by atoms with Crippen molar-refractivity contribution in [3.63, 3.8) is 0 Å². The van der Waals surface area contributed by atoms with E-state index in [1.807, 2.05) is 54.6 Å². The monoisotopic (exact) mass is 596 g/mol. The summed E-state index contributed by atoms with van der Waals surface area (Å²) in [5.41, 5.74) is 17.7. The number of rotatable bonds is 7. The van der Waals surface area contributed by atoms with Crippen molar-refractivity contribution in [1.29, 1.82) is 0 Å². The highest BCUT2D eigenvalue weighted by atomic mass is 35.5. The van der Waals surface area contributed by atoms with Crippen LogP contribution in [0.1, 0.15) is 23.6 Å². The fourth-order valence-electron chi connectivity index (χ4n) is 5.14. The summed E-state index contributed by atoms with van der Waals surface area (Å²) in [4.78, 5) is 18.0. The molecule has 2 aromatic heterocycles. The minimum Gasteiger partial charge on any atom is -0.493 e. The molecule has 1 aliphatic rings. The molecule has 1 aliphatic heterocycles. The normalized spacial score (nSPS) is 14.2. The summed E-state index contributed by atoms with van der Waals surface area (Å²) in [7, 11) is 4.71. The van der Waals surface area contributed by atoms with E-state index in [1.165, 1.54) is 0 Å². The van der Waals surface area contributed by atoms with E-state index in [0.29, 0.717) is 45.9 Å². The van der Waals surface area contributed by atoms with Gasteiger partial charge in [0.05, 0.1) is 38.6 Å². The maximum atomic E-state index is 6.29. The van der Waals surface area contributed by atoms with Crippen molar-refractivity contribution < 1.29 is 14.2 Å². The second-order valence-corrected chi connectivity index (χ2v) is 10.2. The number of halogens is 1. The molecule has 11 nitrogen and oxygen atoms in total. The van der Waals surface area contributed by atoms with Gasteiger partial charge in [0.25, 0.3) is 0 Å². The zero-order valence-electron chi connectivity index (χ0n) is 23.7. The van der Waals surface area contributed by atoms with Crippen LogP contribution in [0.3, 0.4) is 0 Å². The Morgan fingerprint density at radius 2 is 1.72 bits per heavy atom. The van der Waals surface area contributed by atoms with Crippen LogP contribution in [0, 0.1) is 0 Å². The highest BCUT2D eigenvalue weighted by molar-refractivity contribution is 6.31. The predicted octanol–water partition coefficient (Wildman–Crippen LogP) is 6.29. The number of nitrogens with one attached hydrogen (secondary N) is 2. The number of nitrogens with two attached hydrogens (primary N) is 2. The van der Waals surface area contributed by atoms with Crippen LogP contribution in [-0.4, -0.2) is 42.0 Å². The number of anilines is 5. The van der Waals surface area contributed by atoms with Crippen molar-refractivity contribution in [2.75, 3.05) is 43.4 Å². The first-order chi connectivity index (χ1) is 20.9. The molecule has 6 N–H and O–H groups in total. The van der Waals surface area contributed by atoms with Crippen LogP contribution < -0.4 is 36.3 Å². The van der Waals surface area contributed by atoms with Crippen LogP contribution >= 0.6 is 11.6 Å². The van der Waals surface area contributed by atoms with E-state index in [2.05, 4.69) is 31.7 Å². The molecule has 43 heavy (non-hydrogen) atoms. The number of hydrogen-bond donors (Lipinski definition) is 4. The summed E-state index contributed by atoms with van der Waals surface area (Å²) in [5, 5.41) is 8.62. The van der Waals surface area contributed by atoms with Crippen molar-refractivity contribution in [3.05, 3.63) is 83.0 Å². The van der Waals surface area contributed by atoms with E-state index in [4.69, 9.17) is 42.3 Å². The zero-order valence-corrected chi connectivity index (χ0v) is 24.4. The van der Waals surface area contributed by atoms with E-state index in [1.54, 1.807) is 27.5 Å². The van der Waals surface area contributed by atoms with Crippen LogP contribution in [0.4, 0.5) is 34.6 Å². The van der Waals surface area contributed by atoms with Gasteiger partial charge in [0.15, 0.2) is 23.1 Å². The summed E-state index contributed by atoms with van der Waals surface area (Å²) in [5.74, 6) is 2.15. The molecule has 0 radical (unpaired) electrons. The molecule has 0 saturated carbocycles. The first-order valence-electron chi connectivity index (χ1n) is 13.4. The Kier molecular flexibility index (Phi) is 7.47. The lowest BCUT2D eigenvalue weighted by Crippen LogP contribution is -2.16. The van der Waals surface area contributed by atoms with Crippen LogP contribution in [0.5, 0.6) is 17.2 Å². The molecule has 1 atom stereocenters. The van der Waals surface area contributed by atoms with Crippen molar-refractivity contribution in [2.45, 2.75) is 12.5 Å². The fraction of sp³-hybridized carbons (Fsp3) is 0.161. The van der Waals surface area contributed by atoms with Gasteiger partial charge in [-0.15, -0.1) is 0 Å². The molecule has 0 amide bonds. The number of benzene rings is 3. The third-order valence-electron chi connectivity index (χ3n) is 7.15. The van der Waals surface area contributed by atoms with Crippen molar-refractivity contribution in [3.8, 4) is 17.2 Å². The molecule has 1 unspecified atom stereocenters. The number of nitrogens with zero attached hydrogens (tertiary/aromatic N) is 4. The van der Waals surface area contributed by atoms with Crippen molar-refractivity contribution in [2.24, 2.45) is 4.99 Å². The molecule has 3 heterocycles. The third kappa shape index (κ3) is 5.50. The topological polar surface area (TPSA) is 155 Å². The maximum Gasteiger partial charge on any atom is 0.224 e. The minimum absolute atomic E-state index is 0.0500. The molecule has 0 fully saturated rings. The smallest absolute Gasteiger partial charge is 0.224 e. The molecule has 0 bridgehead atoms. The van der Waals surface area contributed by atoms with Gasteiger partial charge in [-0.25, -0.2) is 4.99 Å². The Morgan fingerprint density at radius 1 is 0.930 bits per heavy atom. The number of methoxy groups -OCH3 is 3. The summed E-state index contributed by atoms with van der Waals surface area (Å²) >= 11 is 6.19. The Morgan fingerprint density at radius 3 is 2.47 bits per heavy atom. The standard InChI is InChI=1S/C31H29ClN8O3/c1-41-25-12-17(13-26(42-2)28(25)43-3)23-15-22(38-30-27(37-23)29(33)39-31(34)40-30)16-5-4-6-19(11-16)36-21-9-10-35-24-14-18(32)7-8-20(21)24/h4-14,22H,15H2,1-3H3,(H,35,36)(H5,33,34,38,39,40). The molecule has 6 rings (SSSR count). The van der Waals surface area contributed by atoms with Crippen LogP contribution in [0.15, 0.2) is 71.9 Å². The summed E-state index contributed by atoms with van der Waals surface area (Å²) < 4.78 is 16.7. The second kappa shape index (κ2) is 11.5. The number of fused-ring (bicyclic) bond motifs is 2. The lowest BCUT2D eigenvalue weighted by molar-refractivity contribution is 0.324. The van der Waals surface area contributed by atoms with Gasteiger partial charge >= 0.3 is 0 Å². The van der Waals surface area contributed by atoms with Crippen molar-refractivity contribution >= 4 is 62.9 Å². The van der Waals surface area contributed by atoms with E-state index >= 15 is 0 Å². The molecular formula is C31H29ClN8O3.